The molecule has 0 saturated carbocycles. The van der Waals surface area contributed by atoms with Crippen molar-refractivity contribution in [2.24, 2.45) is 0 Å². The van der Waals surface area contributed by atoms with Gasteiger partial charge in [0.05, 0.1) is 16.7 Å². The molecule has 0 fully saturated rings. The van der Waals surface area contributed by atoms with Gasteiger partial charge in [-0.3, -0.25) is 0 Å². The van der Waals surface area contributed by atoms with Crippen molar-refractivity contribution in [1.82, 2.24) is 4.57 Å². The molecule has 63 heavy (non-hydrogen) atoms. The lowest BCUT2D eigenvalue weighted by molar-refractivity contribution is 1.18. The molecule has 2 aromatic heterocycles. The van der Waals surface area contributed by atoms with E-state index in [0.717, 1.165) is 28.3 Å². The number of para-hydroxylation sites is 3. The van der Waals surface area contributed by atoms with E-state index in [4.69, 9.17) is 0 Å². The van der Waals surface area contributed by atoms with Gasteiger partial charge in [-0.1, -0.05) is 188 Å². The average molecular weight is 821 g/mol. The maximum Gasteiger partial charge on any atom is 0.0562 e. The zero-order valence-electron chi connectivity index (χ0n) is 34.4. The molecule has 0 unspecified atom stereocenters. The van der Waals surface area contributed by atoms with E-state index in [-0.39, 0.29) is 0 Å². The summed E-state index contributed by atoms with van der Waals surface area (Å²) in [6.45, 7) is 0. The Morgan fingerprint density at radius 3 is 1.67 bits per heavy atom. The molecule has 0 spiro atoms. The summed E-state index contributed by atoms with van der Waals surface area (Å²) in [5.41, 5.74) is 16.4. The third kappa shape index (κ3) is 6.41. The number of fused-ring (bicyclic) bond motifs is 6. The van der Waals surface area contributed by atoms with Crippen LogP contribution in [0.1, 0.15) is 0 Å². The van der Waals surface area contributed by atoms with E-state index in [2.05, 4.69) is 252 Å². The zero-order chi connectivity index (χ0) is 41.7. The molecule has 3 heteroatoms. The summed E-state index contributed by atoms with van der Waals surface area (Å²) in [6.07, 6.45) is 0. The highest BCUT2D eigenvalue weighted by atomic mass is 32.1. The van der Waals surface area contributed by atoms with Crippen LogP contribution in [0.5, 0.6) is 0 Å². The van der Waals surface area contributed by atoms with E-state index in [1.165, 1.54) is 81.0 Å². The summed E-state index contributed by atoms with van der Waals surface area (Å²) in [7, 11) is 0. The summed E-state index contributed by atoms with van der Waals surface area (Å²) in [6, 6.07) is 88.4. The molecule has 2 heterocycles. The van der Waals surface area contributed by atoms with Crippen LogP contribution in [0.3, 0.4) is 0 Å². The lowest BCUT2D eigenvalue weighted by Gasteiger charge is -2.27. The maximum atomic E-state index is 2.46. The number of nitrogens with zero attached hydrogens (tertiary/aromatic N) is 2. The molecule has 12 aromatic rings. The van der Waals surface area contributed by atoms with Crippen molar-refractivity contribution in [1.29, 1.82) is 0 Å². The van der Waals surface area contributed by atoms with E-state index in [0.29, 0.717) is 0 Å². The Kier molecular flexibility index (Phi) is 9.06. The SMILES string of the molecule is c1ccc(-c2ccc(-c3ccccc3-n3c4ccccc4c4ccc(N(c5ccccc5)c5ccc(-c6cccc7c6sc6ccccc67)c(-c6ccccc6)c5)cc43)cc2)cc1. The molecule has 0 aliphatic heterocycles. The maximum absolute atomic E-state index is 2.46. The number of rotatable bonds is 8. The minimum atomic E-state index is 1.08. The highest BCUT2D eigenvalue weighted by Crippen LogP contribution is 2.46. The van der Waals surface area contributed by atoms with Crippen molar-refractivity contribution in [3.8, 4) is 50.2 Å². The van der Waals surface area contributed by atoms with E-state index in [9.17, 15) is 0 Å². The third-order valence-electron chi connectivity index (χ3n) is 12.4. The van der Waals surface area contributed by atoms with Crippen molar-refractivity contribution in [2.75, 3.05) is 4.90 Å². The summed E-state index contributed by atoms with van der Waals surface area (Å²) >= 11 is 1.88. The normalized spacial score (nSPS) is 11.5. The van der Waals surface area contributed by atoms with Crippen LogP contribution in [0, 0.1) is 0 Å². The molecule has 0 N–H and O–H groups in total. The van der Waals surface area contributed by atoms with Crippen molar-refractivity contribution in [3.05, 3.63) is 243 Å². The Morgan fingerprint density at radius 2 is 0.857 bits per heavy atom. The van der Waals surface area contributed by atoms with Crippen LogP contribution < -0.4 is 4.90 Å². The van der Waals surface area contributed by atoms with Crippen LogP contribution in [0.15, 0.2) is 243 Å². The fraction of sp³-hybridized carbons (Fsp3) is 0. The molecule has 12 rings (SSSR count). The second kappa shape index (κ2) is 15.5. The Hall–Kier alpha value is -7.98. The molecular formula is C60H40N2S. The quantitative estimate of drug-likeness (QED) is 0.148. The molecule has 0 amide bonds. The highest BCUT2D eigenvalue weighted by Gasteiger charge is 2.21. The molecular weight excluding hydrogens is 781 g/mol. The number of anilines is 3. The molecule has 0 radical (unpaired) electrons. The van der Waals surface area contributed by atoms with Crippen LogP contribution in [0.2, 0.25) is 0 Å². The van der Waals surface area contributed by atoms with Crippen LogP contribution >= 0.6 is 11.3 Å². The second-order valence-electron chi connectivity index (χ2n) is 16.1. The van der Waals surface area contributed by atoms with E-state index in [1.807, 2.05) is 11.3 Å². The molecule has 2 nitrogen and oxygen atoms in total. The number of hydrogen-bond acceptors (Lipinski definition) is 2. The van der Waals surface area contributed by atoms with Gasteiger partial charge in [0, 0.05) is 59.1 Å². The van der Waals surface area contributed by atoms with Crippen LogP contribution in [-0.4, -0.2) is 4.57 Å². The van der Waals surface area contributed by atoms with Gasteiger partial charge in [-0.25, -0.2) is 0 Å². The highest BCUT2D eigenvalue weighted by molar-refractivity contribution is 7.26. The Bertz CT molecular complexity index is 3600. The molecule has 0 bridgehead atoms. The largest absolute Gasteiger partial charge is 0.310 e. The van der Waals surface area contributed by atoms with E-state index >= 15 is 0 Å². The summed E-state index contributed by atoms with van der Waals surface area (Å²) < 4.78 is 5.08. The van der Waals surface area contributed by atoms with Crippen molar-refractivity contribution in [2.45, 2.75) is 0 Å². The Balaban J connectivity index is 1.05. The summed E-state index contributed by atoms with van der Waals surface area (Å²) in [5, 5.41) is 5.06. The van der Waals surface area contributed by atoms with Gasteiger partial charge in [0.1, 0.15) is 0 Å². The van der Waals surface area contributed by atoms with Gasteiger partial charge in [-0.05, 0) is 88.0 Å². The van der Waals surface area contributed by atoms with Gasteiger partial charge in [0.2, 0.25) is 0 Å². The van der Waals surface area contributed by atoms with Gasteiger partial charge in [0.15, 0.2) is 0 Å². The average Bonchev–Trinajstić information content (AvgIpc) is 3.91. The monoisotopic (exact) mass is 820 g/mol. The number of thiophene rings is 1. The molecule has 0 aliphatic rings. The van der Waals surface area contributed by atoms with Gasteiger partial charge >= 0.3 is 0 Å². The van der Waals surface area contributed by atoms with Crippen LogP contribution in [-0.2, 0) is 0 Å². The first-order chi connectivity index (χ1) is 31.3. The van der Waals surface area contributed by atoms with Crippen molar-refractivity contribution < 1.29 is 0 Å². The third-order valence-corrected chi connectivity index (χ3v) is 13.6. The molecule has 296 valence electrons. The fourth-order valence-electron chi connectivity index (χ4n) is 9.49. The number of hydrogen-bond donors (Lipinski definition) is 0. The van der Waals surface area contributed by atoms with Gasteiger partial charge in [-0.2, -0.15) is 0 Å². The van der Waals surface area contributed by atoms with Crippen molar-refractivity contribution >= 4 is 70.4 Å². The second-order valence-corrected chi connectivity index (χ2v) is 17.1. The predicted molar refractivity (Wildman–Crippen MR) is 270 cm³/mol. The minimum Gasteiger partial charge on any atom is -0.310 e. The van der Waals surface area contributed by atoms with E-state index in [1.54, 1.807) is 0 Å². The topological polar surface area (TPSA) is 8.17 Å². The van der Waals surface area contributed by atoms with Gasteiger partial charge in [-0.15, -0.1) is 11.3 Å². The molecule has 0 aliphatic carbocycles. The minimum absolute atomic E-state index is 1.08. The summed E-state index contributed by atoms with van der Waals surface area (Å²) in [4.78, 5) is 2.41. The smallest absolute Gasteiger partial charge is 0.0562 e. The first-order valence-electron chi connectivity index (χ1n) is 21.5. The van der Waals surface area contributed by atoms with Gasteiger partial charge in [0.25, 0.3) is 0 Å². The predicted octanol–water partition coefficient (Wildman–Crippen LogP) is 17.3. The Labute approximate surface area is 370 Å². The molecule has 0 saturated heterocycles. The Morgan fingerprint density at radius 1 is 0.302 bits per heavy atom. The number of aromatic nitrogens is 1. The van der Waals surface area contributed by atoms with Crippen LogP contribution in [0.25, 0.3) is 92.2 Å². The zero-order valence-corrected chi connectivity index (χ0v) is 35.2. The van der Waals surface area contributed by atoms with Gasteiger partial charge < -0.3 is 9.47 Å². The van der Waals surface area contributed by atoms with E-state index < -0.39 is 0 Å². The lowest BCUT2D eigenvalue weighted by Crippen LogP contribution is -2.10. The molecule has 10 aromatic carbocycles. The standard InChI is InChI=1S/C60H40N2S/c1-4-17-41(18-5-1)42-31-33-44(34-32-42)48-23-10-13-28-56(48)62-57-29-14-11-24-50(57)51-38-36-47(40-58(51)62)61(45-21-8-3-9-22-45)46-35-37-49(55(39-46)43-19-6-2-7-20-43)53-26-16-27-54-52-25-12-15-30-59(52)63-60(53)54/h1-40H. The number of benzene rings is 10. The van der Waals surface area contributed by atoms with Crippen LogP contribution in [0.4, 0.5) is 17.1 Å². The first-order valence-corrected chi connectivity index (χ1v) is 22.3. The lowest BCUT2D eigenvalue weighted by atomic mass is 9.92. The summed E-state index contributed by atoms with van der Waals surface area (Å²) in [5.74, 6) is 0. The first kappa shape index (κ1) is 36.8. The van der Waals surface area contributed by atoms with Crippen molar-refractivity contribution in [3.63, 3.8) is 0 Å². The fourth-order valence-corrected chi connectivity index (χ4v) is 10.7. The molecule has 0 atom stereocenters.